The monoisotopic (exact) mass is 288 g/mol. The summed E-state index contributed by atoms with van der Waals surface area (Å²) in [7, 11) is 0. The first-order valence-electron chi connectivity index (χ1n) is 7.87. The van der Waals surface area contributed by atoms with Gasteiger partial charge in [-0.25, -0.2) is 0 Å². The van der Waals surface area contributed by atoms with Crippen molar-refractivity contribution in [3.8, 4) is 0 Å². The molecule has 0 saturated carbocycles. The third kappa shape index (κ3) is 3.84. The molecule has 2 rings (SSSR count). The number of rotatable bonds is 5. The minimum absolute atomic E-state index is 0.0415. The zero-order chi connectivity index (χ0) is 15.2. The molecule has 1 aliphatic heterocycles. The maximum Gasteiger partial charge on any atom is 0.251 e. The van der Waals surface area contributed by atoms with Crippen molar-refractivity contribution in [1.29, 1.82) is 0 Å². The van der Waals surface area contributed by atoms with Gasteiger partial charge in [-0.05, 0) is 49.9 Å². The van der Waals surface area contributed by atoms with E-state index < -0.39 is 0 Å². The smallest absolute Gasteiger partial charge is 0.251 e. The Morgan fingerprint density at radius 1 is 1.19 bits per heavy atom. The molecule has 0 atom stereocenters. The normalized spacial score (nSPS) is 15.4. The topological polar surface area (TPSA) is 49.4 Å². The minimum atomic E-state index is -0.0415. The van der Waals surface area contributed by atoms with Crippen molar-refractivity contribution < 1.29 is 9.59 Å². The molecule has 0 radical (unpaired) electrons. The van der Waals surface area contributed by atoms with Gasteiger partial charge in [0.25, 0.3) is 5.91 Å². The number of piperidine rings is 1. The molecule has 1 aromatic rings. The van der Waals surface area contributed by atoms with Gasteiger partial charge in [0.05, 0.1) is 0 Å². The van der Waals surface area contributed by atoms with Gasteiger partial charge in [0.2, 0.25) is 5.91 Å². The minimum Gasteiger partial charge on any atom is -0.349 e. The van der Waals surface area contributed by atoms with Crippen molar-refractivity contribution in [3.05, 3.63) is 29.8 Å². The number of nitrogens with one attached hydrogen (secondary N) is 1. The van der Waals surface area contributed by atoms with Crippen LogP contribution < -0.4 is 10.2 Å². The molecular formula is C17H24N2O2. The Morgan fingerprint density at radius 2 is 1.86 bits per heavy atom. The average Bonchev–Trinajstić information content (AvgIpc) is 2.53. The zero-order valence-corrected chi connectivity index (χ0v) is 12.9. The van der Waals surface area contributed by atoms with Gasteiger partial charge in [0.1, 0.15) is 0 Å². The largest absolute Gasteiger partial charge is 0.349 e. The lowest BCUT2D eigenvalue weighted by atomic mass is 10.1. The van der Waals surface area contributed by atoms with Crippen molar-refractivity contribution in [2.75, 3.05) is 11.4 Å². The van der Waals surface area contributed by atoms with E-state index in [0.717, 1.165) is 37.9 Å². The van der Waals surface area contributed by atoms with Crippen LogP contribution in [0.3, 0.4) is 0 Å². The number of amides is 2. The Kier molecular flexibility index (Phi) is 5.37. The van der Waals surface area contributed by atoms with Crippen LogP contribution in [0.15, 0.2) is 24.3 Å². The number of benzene rings is 1. The summed E-state index contributed by atoms with van der Waals surface area (Å²) in [6.45, 7) is 4.91. The Balaban J connectivity index is 2.04. The van der Waals surface area contributed by atoms with Gasteiger partial charge in [-0.1, -0.05) is 13.8 Å². The lowest BCUT2D eigenvalue weighted by molar-refractivity contribution is -0.119. The summed E-state index contributed by atoms with van der Waals surface area (Å²) in [4.78, 5) is 25.8. The van der Waals surface area contributed by atoms with Crippen LogP contribution in [-0.4, -0.2) is 24.4 Å². The van der Waals surface area contributed by atoms with Crippen molar-refractivity contribution in [3.63, 3.8) is 0 Å². The summed E-state index contributed by atoms with van der Waals surface area (Å²) in [5.41, 5.74) is 1.54. The molecule has 1 aromatic carbocycles. The Morgan fingerprint density at radius 3 is 2.43 bits per heavy atom. The molecule has 0 bridgehead atoms. The molecule has 1 saturated heterocycles. The number of carbonyl (C=O) groups is 2. The van der Waals surface area contributed by atoms with Crippen LogP contribution in [0.5, 0.6) is 0 Å². The summed E-state index contributed by atoms with van der Waals surface area (Å²) >= 11 is 0. The molecule has 114 valence electrons. The predicted octanol–water partition coefficient (Wildman–Crippen LogP) is 3.12. The molecule has 2 amide bonds. The van der Waals surface area contributed by atoms with E-state index in [1.807, 2.05) is 17.0 Å². The van der Waals surface area contributed by atoms with Crippen LogP contribution >= 0.6 is 0 Å². The Hall–Kier alpha value is -1.84. The number of hydrogen-bond acceptors (Lipinski definition) is 2. The van der Waals surface area contributed by atoms with Crippen LogP contribution in [0.25, 0.3) is 0 Å². The van der Waals surface area contributed by atoms with E-state index in [1.54, 1.807) is 12.1 Å². The summed E-state index contributed by atoms with van der Waals surface area (Å²) in [5, 5.41) is 3.02. The van der Waals surface area contributed by atoms with E-state index in [4.69, 9.17) is 0 Å². The van der Waals surface area contributed by atoms with Crippen LogP contribution in [0, 0.1) is 0 Å². The molecule has 1 aliphatic rings. The van der Waals surface area contributed by atoms with E-state index in [9.17, 15) is 9.59 Å². The molecule has 0 aromatic heterocycles. The first-order chi connectivity index (χ1) is 10.2. The lowest BCUT2D eigenvalue weighted by Crippen LogP contribution is -2.35. The highest BCUT2D eigenvalue weighted by molar-refractivity contribution is 5.97. The van der Waals surface area contributed by atoms with Gasteiger partial charge in [-0.3, -0.25) is 9.59 Å². The molecule has 1 N–H and O–H groups in total. The van der Waals surface area contributed by atoms with Gasteiger partial charge < -0.3 is 10.2 Å². The summed E-state index contributed by atoms with van der Waals surface area (Å²) < 4.78 is 0. The highest BCUT2D eigenvalue weighted by Crippen LogP contribution is 2.21. The zero-order valence-electron chi connectivity index (χ0n) is 12.9. The molecule has 21 heavy (non-hydrogen) atoms. The molecular weight excluding hydrogens is 264 g/mol. The SMILES string of the molecule is CCC(CC)NC(=O)c1ccc(N2CCCCC2=O)cc1. The van der Waals surface area contributed by atoms with Crippen molar-refractivity contribution in [2.45, 2.75) is 52.0 Å². The Bertz CT molecular complexity index is 492. The fourth-order valence-electron chi connectivity index (χ4n) is 2.63. The maximum atomic E-state index is 12.1. The third-order valence-corrected chi connectivity index (χ3v) is 4.09. The second kappa shape index (κ2) is 7.25. The molecule has 1 fully saturated rings. The standard InChI is InChI=1S/C17H24N2O2/c1-3-14(4-2)18-17(21)13-8-10-15(11-9-13)19-12-6-5-7-16(19)20/h8-11,14H,3-7,12H2,1-2H3,(H,18,21). The van der Waals surface area contributed by atoms with Crippen LogP contribution in [0.2, 0.25) is 0 Å². The lowest BCUT2D eigenvalue weighted by Gasteiger charge is -2.26. The van der Waals surface area contributed by atoms with E-state index in [1.165, 1.54) is 0 Å². The molecule has 0 spiro atoms. The van der Waals surface area contributed by atoms with Gasteiger partial charge in [0.15, 0.2) is 0 Å². The first-order valence-corrected chi connectivity index (χ1v) is 7.87. The molecule has 0 aliphatic carbocycles. The number of carbonyl (C=O) groups excluding carboxylic acids is 2. The second-order valence-electron chi connectivity index (χ2n) is 5.54. The number of anilines is 1. The molecule has 4 nitrogen and oxygen atoms in total. The third-order valence-electron chi connectivity index (χ3n) is 4.09. The first kappa shape index (κ1) is 15.5. The van der Waals surface area contributed by atoms with Gasteiger partial charge in [-0.15, -0.1) is 0 Å². The molecule has 1 heterocycles. The van der Waals surface area contributed by atoms with Crippen molar-refractivity contribution in [1.82, 2.24) is 5.32 Å². The van der Waals surface area contributed by atoms with E-state index >= 15 is 0 Å². The Labute approximate surface area is 126 Å². The highest BCUT2D eigenvalue weighted by Gasteiger charge is 2.19. The van der Waals surface area contributed by atoms with Crippen molar-refractivity contribution >= 4 is 17.5 Å². The van der Waals surface area contributed by atoms with E-state index in [0.29, 0.717) is 12.0 Å². The summed E-state index contributed by atoms with van der Waals surface area (Å²) in [6.07, 6.45) is 4.51. The van der Waals surface area contributed by atoms with Gasteiger partial charge in [-0.2, -0.15) is 0 Å². The molecule has 4 heteroatoms. The number of hydrogen-bond donors (Lipinski definition) is 1. The highest BCUT2D eigenvalue weighted by atomic mass is 16.2. The second-order valence-corrected chi connectivity index (χ2v) is 5.54. The summed E-state index contributed by atoms with van der Waals surface area (Å²) in [6, 6.07) is 7.56. The summed E-state index contributed by atoms with van der Waals surface area (Å²) in [5.74, 6) is 0.135. The van der Waals surface area contributed by atoms with Crippen LogP contribution in [0.4, 0.5) is 5.69 Å². The van der Waals surface area contributed by atoms with Gasteiger partial charge >= 0.3 is 0 Å². The molecule has 0 unspecified atom stereocenters. The van der Waals surface area contributed by atoms with Crippen LogP contribution in [-0.2, 0) is 4.79 Å². The maximum absolute atomic E-state index is 12.1. The van der Waals surface area contributed by atoms with Crippen molar-refractivity contribution in [2.24, 2.45) is 0 Å². The fourth-order valence-corrected chi connectivity index (χ4v) is 2.63. The predicted molar refractivity (Wildman–Crippen MR) is 84.5 cm³/mol. The van der Waals surface area contributed by atoms with Crippen LogP contribution in [0.1, 0.15) is 56.3 Å². The van der Waals surface area contributed by atoms with E-state index in [-0.39, 0.29) is 17.9 Å². The quantitative estimate of drug-likeness (QED) is 0.905. The fraction of sp³-hybridized carbons (Fsp3) is 0.529. The average molecular weight is 288 g/mol. The van der Waals surface area contributed by atoms with Gasteiger partial charge in [0, 0.05) is 30.3 Å². The van der Waals surface area contributed by atoms with E-state index in [2.05, 4.69) is 19.2 Å². The number of nitrogens with zero attached hydrogens (tertiary/aromatic N) is 1.